The molecule has 1 saturated heterocycles. The van der Waals surface area contributed by atoms with Gasteiger partial charge in [0.25, 0.3) is 11.8 Å². The van der Waals surface area contributed by atoms with Crippen LogP contribution in [0, 0.1) is 17.8 Å². The summed E-state index contributed by atoms with van der Waals surface area (Å²) in [5.41, 5.74) is 4.49. The number of nitrogens with zero attached hydrogens (tertiary/aromatic N) is 3. The second-order valence-electron chi connectivity index (χ2n) is 17.8. The first-order valence-electron chi connectivity index (χ1n) is 23.1. The van der Waals surface area contributed by atoms with E-state index in [1.54, 1.807) is 78.0 Å². The van der Waals surface area contributed by atoms with Crippen LogP contribution in [0.5, 0.6) is 0 Å². The summed E-state index contributed by atoms with van der Waals surface area (Å²) in [6.07, 6.45) is 9.07. The van der Waals surface area contributed by atoms with Crippen LogP contribution in [0.15, 0.2) is 73.1 Å². The molecule has 2 aromatic carbocycles. The Hall–Kier alpha value is -7.04. The zero-order chi connectivity index (χ0) is 48.8. The summed E-state index contributed by atoms with van der Waals surface area (Å²) < 4.78 is 3.38. The Kier molecular flexibility index (Phi) is 18.2. The highest BCUT2D eigenvalue weighted by atomic mass is 16.2. The molecule has 6 N–H and O–H groups in total. The quantitative estimate of drug-likeness (QED) is 0.0341. The van der Waals surface area contributed by atoms with Gasteiger partial charge in [0.2, 0.25) is 35.4 Å². The van der Waals surface area contributed by atoms with Gasteiger partial charge >= 0.3 is 0 Å². The fraction of sp³-hybridized carbons (Fsp3) is 0.440. The van der Waals surface area contributed by atoms with Crippen LogP contribution in [0.4, 0.5) is 22.7 Å². The number of nitrogens with one attached hydrogen (secondary N) is 6. The van der Waals surface area contributed by atoms with Gasteiger partial charge in [-0.25, -0.2) is 0 Å². The monoisotopic (exact) mass is 919 g/mol. The third-order valence-electron chi connectivity index (χ3n) is 12.0. The van der Waals surface area contributed by atoms with Crippen molar-refractivity contribution in [2.24, 2.45) is 31.8 Å². The summed E-state index contributed by atoms with van der Waals surface area (Å²) in [7, 11) is 3.51. The Morgan fingerprint density at radius 2 is 1.22 bits per heavy atom. The van der Waals surface area contributed by atoms with Crippen molar-refractivity contribution in [2.45, 2.75) is 98.4 Å². The number of hydrogen-bond donors (Lipinski definition) is 6. The maximum absolute atomic E-state index is 13.3. The highest BCUT2D eigenvalue weighted by Gasteiger charge is 2.39. The lowest BCUT2D eigenvalue weighted by Crippen LogP contribution is -2.45. The molecule has 0 saturated carbocycles. The molecule has 3 unspecified atom stereocenters. The molecule has 4 aromatic rings. The van der Waals surface area contributed by atoms with Gasteiger partial charge in [-0.1, -0.05) is 59.1 Å². The van der Waals surface area contributed by atoms with Crippen molar-refractivity contribution in [3.8, 4) is 11.1 Å². The number of aryl methyl sites for hydroxylation is 2. The van der Waals surface area contributed by atoms with E-state index >= 15 is 0 Å². The SMILES string of the molecule is CCC(C)CCCC(=O)Nc1cc(C(=O)Nc2ccc(-c3cc(C(=O)Nc4ccc(NC(=O)C(C)NC(=O)CNC(=O)CCCCCN5C(=O)CC(C(C)C)C5=O)cc4)n(C)c3)cc2)n(C)c1. The zero-order valence-electron chi connectivity index (χ0n) is 39.6. The molecular weight excluding hydrogens is 855 g/mol. The number of aromatic nitrogens is 2. The number of unbranched alkanes of at least 4 members (excludes halogenated alkanes) is 2. The van der Waals surface area contributed by atoms with Crippen LogP contribution in [0.2, 0.25) is 0 Å². The normalized spacial score (nSPS) is 14.4. The van der Waals surface area contributed by atoms with Gasteiger partial charge in [-0.15, -0.1) is 0 Å². The van der Waals surface area contributed by atoms with Crippen molar-refractivity contribution in [1.82, 2.24) is 24.7 Å². The van der Waals surface area contributed by atoms with E-state index in [1.165, 1.54) is 11.8 Å². The van der Waals surface area contributed by atoms with Crippen molar-refractivity contribution in [1.29, 1.82) is 0 Å². The smallest absolute Gasteiger partial charge is 0.272 e. The van der Waals surface area contributed by atoms with Crippen LogP contribution in [-0.4, -0.2) is 80.4 Å². The number of imide groups is 1. The number of likely N-dealkylation sites (tertiary alicyclic amines) is 1. The molecule has 17 nitrogen and oxygen atoms in total. The number of carbonyl (C=O) groups excluding carboxylic acids is 8. The van der Waals surface area contributed by atoms with Gasteiger partial charge in [0.15, 0.2) is 0 Å². The Bertz CT molecular complexity index is 2420. The summed E-state index contributed by atoms with van der Waals surface area (Å²) >= 11 is 0. The summed E-state index contributed by atoms with van der Waals surface area (Å²) in [5, 5.41) is 16.5. The molecule has 358 valence electrons. The maximum atomic E-state index is 13.3. The molecule has 5 rings (SSSR count). The Morgan fingerprint density at radius 1 is 0.642 bits per heavy atom. The first-order chi connectivity index (χ1) is 31.9. The Balaban J connectivity index is 1.01. The van der Waals surface area contributed by atoms with Gasteiger partial charge in [0.1, 0.15) is 17.4 Å². The molecule has 1 aliphatic rings. The molecule has 1 fully saturated rings. The number of hydrogen-bond acceptors (Lipinski definition) is 8. The van der Waals surface area contributed by atoms with Crippen molar-refractivity contribution in [3.63, 3.8) is 0 Å². The predicted molar refractivity (Wildman–Crippen MR) is 258 cm³/mol. The van der Waals surface area contributed by atoms with Crippen molar-refractivity contribution in [2.75, 3.05) is 34.4 Å². The van der Waals surface area contributed by atoms with E-state index in [2.05, 4.69) is 45.7 Å². The Morgan fingerprint density at radius 3 is 1.84 bits per heavy atom. The molecular formula is C50H65N9O8. The fourth-order valence-corrected chi connectivity index (χ4v) is 7.69. The van der Waals surface area contributed by atoms with Gasteiger partial charge in [-0.05, 0) is 92.1 Å². The number of amides is 8. The van der Waals surface area contributed by atoms with E-state index in [0.29, 0.717) is 72.3 Å². The molecule has 0 radical (unpaired) electrons. The molecule has 0 bridgehead atoms. The third kappa shape index (κ3) is 14.7. The van der Waals surface area contributed by atoms with Gasteiger partial charge in [0, 0.05) is 80.8 Å². The van der Waals surface area contributed by atoms with Crippen molar-refractivity contribution in [3.05, 3.63) is 84.4 Å². The molecule has 3 atom stereocenters. The van der Waals surface area contributed by atoms with Crippen molar-refractivity contribution >= 4 is 70.0 Å². The van der Waals surface area contributed by atoms with Gasteiger partial charge in [-0.3, -0.25) is 43.3 Å². The average Bonchev–Trinajstić information content (AvgIpc) is 3.96. The third-order valence-corrected chi connectivity index (χ3v) is 12.0. The van der Waals surface area contributed by atoms with Crippen LogP contribution in [0.3, 0.4) is 0 Å². The van der Waals surface area contributed by atoms with E-state index in [9.17, 15) is 38.4 Å². The minimum atomic E-state index is -0.908. The van der Waals surface area contributed by atoms with Crippen molar-refractivity contribution < 1.29 is 38.4 Å². The topological polar surface area (TPSA) is 222 Å². The van der Waals surface area contributed by atoms with E-state index in [4.69, 9.17) is 0 Å². The number of benzene rings is 2. The average molecular weight is 920 g/mol. The molecule has 0 spiro atoms. The minimum absolute atomic E-state index is 0.0786. The van der Waals surface area contributed by atoms with Gasteiger partial charge < -0.3 is 41.0 Å². The van der Waals surface area contributed by atoms with Crippen LogP contribution in [0.1, 0.15) is 113 Å². The lowest BCUT2D eigenvalue weighted by atomic mass is 9.94. The molecule has 17 heteroatoms. The molecule has 0 aliphatic carbocycles. The second kappa shape index (κ2) is 23.9. The molecule has 67 heavy (non-hydrogen) atoms. The highest BCUT2D eigenvalue weighted by Crippen LogP contribution is 2.28. The standard InChI is InChI=1S/C50H65N9O8/c1-8-32(4)13-12-15-44(61)53-39-26-42(58(7)30-39)49(66)55-36-18-16-34(17-19-36)35-25-41(57(6)29-35)48(65)56-38-22-20-37(21-23-38)54-47(64)33(5)52-45(62)28-51-43(60)14-10-9-11-24-59-46(63)27-40(31(2)3)50(59)67/h16-23,25-26,29-33,40H,8-15,24,27-28H2,1-7H3,(H,51,60)(H,52,62)(H,53,61)(H,54,64)(H,55,66)(H,56,65). The summed E-state index contributed by atoms with van der Waals surface area (Å²) in [4.78, 5) is 102. The predicted octanol–water partition coefficient (Wildman–Crippen LogP) is 6.84. The van der Waals surface area contributed by atoms with Crippen LogP contribution < -0.4 is 31.9 Å². The lowest BCUT2D eigenvalue weighted by Gasteiger charge is -2.16. The zero-order valence-corrected chi connectivity index (χ0v) is 39.6. The van der Waals surface area contributed by atoms with E-state index < -0.39 is 17.9 Å². The Labute approximate surface area is 392 Å². The van der Waals surface area contributed by atoms with E-state index in [1.807, 2.05) is 32.2 Å². The molecule has 3 heterocycles. The molecule has 8 amide bonds. The summed E-state index contributed by atoms with van der Waals surface area (Å²) in [5.74, 6) is -1.92. The maximum Gasteiger partial charge on any atom is 0.272 e. The van der Waals surface area contributed by atoms with E-state index in [-0.39, 0.29) is 66.7 Å². The number of anilines is 4. The first-order valence-corrected chi connectivity index (χ1v) is 23.1. The highest BCUT2D eigenvalue weighted by molar-refractivity contribution is 6.06. The van der Waals surface area contributed by atoms with Crippen LogP contribution in [-0.2, 0) is 42.9 Å². The lowest BCUT2D eigenvalue weighted by molar-refractivity contribution is -0.140. The molecule has 1 aliphatic heterocycles. The van der Waals surface area contributed by atoms with E-state index in [0.717, 1.165) is 30.4 Å². The summed E-state index contributed by atoms with van der Waals surface area (Å²) in [6.45, 7) is 9.74. The number of carbonyl (C=O) groups is 8. The molecule has 2 aromatic heterocycles. The largest absolute Gasteiger partial charge is 0.347 e. The van der Waals surface area contributed by atoms with Gasteiger partial charge in [0.05, 0.1) is 12.2 Å². The van der Waals surface area contributed by atoms with Crippen LogP contribution >= 0.6 is 0 Å². The second-order valence-corrected chi connectivity index (χ2v) is 17.8. The van der Waals surface area contributed by atoms with Gasteiger partial charge in [-0.2, -0.15) is 0 Å². The summed E-state index contributed by atoms with van der Waals surface area (Å²) in [6, 6.07) is 16.3. The number of rotatable bonds is 23. The first kappa shape index (κ1) is 51.0. The fourth-order valence-electron chi connectivity index (χ4n) is 7.69. The van der Waals surface area contributed by atoms with Crippen LogP contribution in [0.25, 0.3) is 11.1 Å². The minimum Gasteiger partial charge on any atom is -0.347 e.